The fourth-order valence-electron chi connectivity index (χ4n) is 3.97. The fourth-order valence-corrected chi connectivity index (χ4v) is 3.97. The average Bonchev–Trinajstić information content (AvgIpc) is 2.91. The molecule has 0 aliphatic carbocycles. The van der Waals surface area contributed by atoms with E-state index < -0.39 is 0 Å². The molecular formula is C28H26FN3O3. The number of methoxy groups -OCH3 is 1. The highest BCUT2D eigenvalue weighted by Gasteiger charge is 2.24. The van der Waals surface area contributed by atoms with E-state index in [0.717, 1.165) is 5.69 Å². The summed E-state index contributed by atoms with van der Waals surface area (Å²) in [6.45, 7) is 2.69. The van der Waals surface area contributed by atoms with Gasteiger partial charge < -0.3 is 19.3 Å². The molecule has 0 saturated carbocycles. The van der Waals surface area contributed by atoms with Crippen LogP contribution in [0.15, 0.2) is 78.4 Å². The van der Waals surface area contributed by atoms with Gasteiger partial charge >= 0.3 is 0 Å². The second kappa shape index (κ2) is 11.2. The summed E-state index contributed by atoms with van der Waals surface area (Å²) in [7, 11) is 1.51. The summed E-state index contributed by atoms with van der Waals surface area (Å²) in [5.74, 6) is 0.325. The van der Waals surface area contributed by atoms with Gasteiger partial charge in [0, 0.05) is 31.9 Å². The van der Waals surface area contributed by atoms with Crippen molar-refractivity contribution < 1.29 is 18.7 Å². The number of piperazine rings is 1. The largest absolute Gasteiger partial charge is 0.493 e. The van der Waals surface area contributed by atoms with Crippen LogP contribution in [0.3, 0.4) is 0 Å². The van der Waals surface area contributed by atoms with Crippen LogP contribution in [-0.2, 0) is 11.4 Å². The summed E-state index contributed by atoms with van der Waals surface area (Å²) < 4.78 is 24.6. The molecule has 1 saturated heterocycles. The molecule has 0 bridgehead atoms. The van der Waals surface area contributed by atoms with E-state index in [1.165, 1.54) is 19.2 Å². The third-order valence-electron chi connectivity index (χ3n) is 5.82. The number of carbonyl (C=O) groups is 1. The summed E-state index contributed by atoms with van der Waals surface area (Å²) >= 11 is 0. The third kappa shape index (κ3) is 5.98. The molecule has 0 atom stereocenters. The number of benzene rings is 3. The third-order valence-corrected chi connectivity index (χ3v) is 5.82. The van der Waals surface area contributed by atoms with Gasteiger partial charge in [-0.15, -0.1) is 0 Å². The molecule has 1 heterocycles. The number of anilines is 1. The maximum atomic E-state index is 13.4. The number of amides is 1. The standard InChI is InChI=1S/C28H26FN3O3/c1-34-27-18-21(10-11-26(27)35-20-22-6-5-7-24(29)17-22)16-23(19-30)28(33)32-14-12-31(13-15-32)25-8-3-2-4-9-25/h2-11,16-18H,12-15,20H2,1H3/b23-16-. The Morgan fingerprint density at radius 3 is 2.46 bits per heavy atom. The zero-order valence-electron chi connectivity index (χ0n) is 19.5. The normalized spacial score (nSPS) is 13.8. The van der Waals surface area contributed by atoms with Gasteiger partial charge in [-0.2, -0.15) is 5.26 Å². The van der Waals surface area contributed by atoms with Crippen LogP contribution in [0.5, 0.6) is 11.5 Å². The Kier molecular flexibility index (Phi) is 7.63. The van der Waals surface area contributed by atoms with Crippen molar-refractivity contribution in [2.45, 2.75) is 6.61 Å². The van der Waals surface area contributed by atoms with Crippen LogP contribution in [0.2, 0.25) is 0 Å². The predicted molar refractivity (Wildman–Crippen MR) is 133 cm³/mol. The van der Waals surface area contributed by atoms with E-state index in [0.29, 0.717) is 48.8 Å². The number of nitriles is 1. The van der Waals surface area contributed by atoms with Gasteiger partial charge in [0.1, 0.15) is 24.1 Å². The Hall–Kier alpha value is -4.31. The second-order valence-corrected chi connectivity index (χ2v) is 8.11. The maximum absolute atomic E-state index is 13.4. The molecule has 35 heavy (non-hydrogen) atoms. The summed E-state index contributed by atoms with van der Waals surface area (Å²) in [5.41, 5.74) is 2.53. The topological polar surface area (TPSA) is 65.8 Å². The summed E-state index contributed by atoms with van der Waals surface area (Å²) in [6, 6.07) is 23.5. The molecule has 0 unspecified atom stereocenters. The Morgan fingerprint density at radius 2 is 1.77 bits per heavy atom. The molecule has 0 spiro atoms. The lowest BCUT2D eigenvalue weighted by Gasteiger charge is -2.36. The molecular weight excluding hydrogens is 445 g/mol. The van der Waals surface area contributed by atoms with Gasteiger partial charge in [0.05, 0.1) is 7.11 Å². The quantitative estimate of drug-likeness (QED) is 0.370. The minimum Gasteiger partial charge on any atom is -0.493 e. The van der Waals surface area contributed by atoms with Crippen LogP contribution < -0.4 is 14.4 Å². The van der Waals surface area contributed by atoms with Crippen molar-refractivity contribution in [3.05, 3.63) is 95.3 Å². The predicted octanol–water partition coefficient (Wildman–Crippen LogP) is 4.67. The number of carbonyl (C=O) groups excluding carboxylic acids is 1. The zero-order chi connectivity index (χ0) is 24.6. The van der Waals surface area contributed by atoms with Gasteiger partial charge in [-0.1, -0.05) is 36.4 Å². The van der Waals surface area contributed by atoms with Crippen LogP contribution in [-0.4, -0.2) is 44.1 Å². The Labute approximate surface area is 204 Å². The zero-order valence-corrected chi connectivity index (χ0v) is 19.5. The van der Waals surface area contributed by atoms with Crippen molar-refractivity contribution in [2.75, 3.05) is 38.2 Å². The molecule has 178 valence electrons. The van der Waals surface area contributed by atoms with Crippen LogP contribution in [0.25, 0.3) is 6.08 Å². The van der Waals surface area contributed by atoms with E-state index in [2.05, 4.69) is 17.0 Å². The first-order chi connectivity index (χ1) is 17.1. The van der Waals surface area contributed by atoms with Crippen molar-refractivity contribution in [1.82, 2.24) is 4.90 Å². The summed E-state index contributed by atoms with van der Waals surface area (Å²) in [5, 5.41) is 9.67. The van der Waals surface area contributed by atoms with E-state index in [9.17, 15) is 14.4 Å². The number of hydrogen-bond donors (Lipinski definition) is 0. The molecule has 3 aromatic carbocycles. The molecule has 0 N–H and O–H groups in total. The molecule has 0 aromatic heterocycles. The molecule has 0 radical (unpaired) electrons. The molecule has 4 rings (SSSR count). The molecule has 6 nitrogen and oxygen atoms in total. The van der Waals surface area contributed by atoms with Gasteiger partial charge in [0.15, 0.2) is 11.5 Å². The maximum Gasteiger partial charge on any atom is 0.264 e. The van der Waals surface area contributed by atoms with Gasteiger partial charge in [0.25, 0.3) is 5.91 Å². The lowest BCUT2D eigenvalue weighted by molar-refractivity contribution is -0.126. The van der Waals surface area contributed by atoms with E-state index in [4.69, 9.17) is 9.47 Å². The van der Waals surface area contributed by atoms with E-state index in [1.807, 2.05) is 24.3 Å². The summed E-state index contributed by atoms with van der Waals surface area (Å²) in [4.78, 5) is 17.0. The van der Waals surface area contributed by atoms with E-state index in [-0.39, 0.29) is 23.9 Å². The van der Waals surface area contributed by atoms with Crippen molar-refractivity contribution in [3.8, 4) is 17.6 Å². The highest BCUT2D eigenvalue weighted by atomic mass is 19.1. The highest BCUT2D eigenvalue weighted by Crippen LogP contribution is 2.30. The molecule has 1 fully saturated rings. The van der Waals surface area contributed by atoms with Crippen LogP contribution in [0.4, 0.5) is 10.1 Å². The monoisotopic (exact) mass is 471 g/mol. The van der Waals surface area contributed by atoms with Crippen molar-refractivity contribution in [1.29, 1.82) is 5.26 Å². The van der Waals surface area contributed by atoms with Crippen LogP contribution in [0, 0.1) is 17.1 Å². The SMILES string of the molecule is COc1cc(/C=C(/C#N)C(=O)N2CCN(c3ccccc3)CC2)ccc1OCc1cccc(F)c1. The van der Waals surface area contributed by atoms with Crippen LogP contribution in [0.1, 0.15) is 11.1 Å². The molecule has 1 aliphatic heterocycles. The molecule has 1 amide bonds. The van der Waals surface area contributed by atoms with Gasteiger partial charge in [-0.3, -0.25) is 4.79 Å². The molecule has 1 aliphatic rings. The Bertz CT molecular complexity index is 1250. The van der Waals surface area contributed by atoms with Gasteiger partial charge in [0.2, 0.25) is 0 Å². The number of hydrogen-bond acceptors (Lipinski definition) is 5. The smallest absolute Gasteiger partial charge is 0.264 e. The van der Waals surface area contributed by atoms with Crippen molar-refractivity contribution >= 4 is 17.7 Å². The minimum absolute atomic E-state index is 0.0636. The minimum atomic E-state index is -0.325. The number of nitrogens with zero attached hydrogens (tertiary/aromatic N) is 3. The lowest BCUT2D eigenvalue weighted by Crippen LogP contribution is -2.49. The summed E-state index contributed by atoms with van der Waals surface area (Å²) in [6.07, 6.45) is 1.56. The van der Waals surface area contributed by atoms with Gasteiger partial charge in [-0.05, 0) is 53.6 Å². The van der Waals surface area contributed by atoms with Crippen LogP contribution >= 0.6 is 0 Å². The first-order valence-electron chi connectivity index (χ1n) is 11.3. The van der Waals surface area contributed by atoms with Gasteiger partial charge in [-0.25, -0.2) is 4.39 Å². The first kappa shape index (κ1) is 23.8. The molecule has 3 aromatic rings. The van der Waals surface area contributed by atoms with E-state index >= 15 is 0 Å². The van der Waals surface area contributed by atoms with E-state index in [1.54, 1.807) is 41.3 Å². The number of para-hydroxylation sites is 1. The fraction of sp³-hybridized carbons (Fsp3) is 0.214. The second-order valence-electron chi connectivity index (χ2n) is 8.11. The lowest BCUT2D eigenvalue weighted by atomic mass is 10.1. The number of ether oxygens (including phenoxy) is 2. The molecule has 7 heteroatoms. The Morgan fingerprint density at radius 1 is 1.00 bits per heavy atom. The average molecular weight is 472 g/mol. The van der Waals surface area contributed by atoms with Crippen molar-refractivity contribution in [2.24, 2.45) is 0 Å². The number of halogens is 1. The van der Waals surface area contributed by atoms with Crippen molar-refractivity contribution in [3.63, 3.8) is 0 Å². The highest BCUT2D eigenvalue weighted by molar-refractivity contribution is 6.01. The first-order valence-corrected chi connectivity index (χ1v) is 11.3. The Balaban J connectivity index is 1.42. The number of rotatable bonds is 7.